The summed E-state index contributed by atoms with van der Waals surface area (Å²) in [4.78, 5) is 30.4. The minimum absolute atomic E-state index is 0.00106. The molecule has 8 nitrogen and oxygen atoms in total. The molecule has 9 heteroatoms. The van der Waals surface area contributed by atoms with Gasteiger partial charge in [0.15, 0.2) is 11.2 Å². The van der Waals surface area contributed by atoms with Crippen LogP contribution in [0.15, 0.2) is 36.9 Å². The molecule has 142 valence electrons. The summed E-state index contributed by atoms with van der Waals surface area (Å²) in [6.07, 6.45) is 6.50. The van der Waals surface area contributed by atoms with Crippen molar-refractivity contribution in [2.75, 3.05) is 6.16 Å². The molecule has 0 atom stereocenters. The van der Waals surface area contributed by atoms with Gasteiger partial charge in [0.05, 0.1) is 6.16 Å². The first kappa shape index (κ1) is 18.1. The quantitative estimate of drug-likeness (QED) is 0.588. The van der Waals surface area contributed by atoms with E-state index in [1.54, 1.807) is 10.9 Å². The third kappa shape index (κ3) is 3.88. The number of nitrogens with zero attached hydrogens (tertiary/aromatic N) is 4. The molecule has 2 heterocycles. The van der Waals surface area contributed by atoms with E-state index in [-0.39, 0.29) is 18.0 Å². The number of aromatic nitrogens is 4. The molecule has 1 aliphatic carbocycles. The van der Waals surface area contributed by atoms with Gasteiger partial charge in [0.2, 0.25) is 5.88 Å². The van der Waals surface area contributed by atoms with Crippen molar-refractivity contribution in [3.05, 3.63) is 42.5 Å². The lowest BCUT2D eigenvalue weighted by atomic mass is 9.79. The number of benzene rings is 1. The van der Waals surface area contributed by atoms with Gasteiger partial charge in [0.1, 0.15) is 12.7 Å². The standard InChI is InChI=1S/C18H21N4O4P/c23-18-16-17(19-10-20-18)22(11-21-16)15-7-5-14(6-8-15)13-3-1-12(2-4-13)9-27(24,25)26/h5-8,10-13H,1-4,9H2,(H,19,20,23)(H2,24,25,26). The van der Waals surface area contributed by atoms with E-state index in [0.717, 1.165) is 31.4 Å². The Morgan fingerprint density at radius 1 is 1.04 bits per heavy atom. The summed E-state index contributed by atoms with van der Waals surface area (Å²) in [6, 6.07) is 8.15. The molecule has 2 aromatic heterocycles. The maximum absolute atomic E-state index is 11.2. The van der Waals surface area contributed by atoms with Crippen LogP contribution in [0.5, 0.6) is 5.88 Å². The van der Waals surface area contributed by atoms with Crippen LogP contribution in [0.3, 0.4) is 0 Å². The summed E-state index contributed by atoms with van der Waals surface area (Å²) in [5, 5.41) is 9.76. The van der Waals surface area contributed by atoms with Crippen LogP contribution < -0.4 is 0 Å². The van der Waals surface area contributed by atoms with Gasteiger partial charge in [-0.25, -0.2) is 9.97 Å². The Hall–Kier alpha value is -2.28. The first-order valence-electron chi connectivity index (χ1n) is 8.92. The zero-order chi connectivity index (χ0) is 19.0. The maximum Gasteiger partial charge on any atom is 0.325 e. The second-order valence-corrected chi connectivity index (χ2v) is 8.84. The van der Waals surface area contributed by atoms with Crippen molar-refractivity contribution < 1.29 is 19.5 Å². The molecule has 0 spiro atoms. The van der Waals surface area contributed by atoms with Crippen LogP contribution in [0, 0.1) is 5.92 Å². The molecule has 3 N–H and O–H groups in total. The van der Waals surface area contributed by atoms with Gasteiger partial charge in [-0.05, 0) is 55.2 Å². The Morgan fingerprint density at radius 2 is 1.74 bits per heavy atom. The predicted molar refractivity (Wildman–Crippen MR) is 99.9 cm³/mol. The van der Waals surface area contributed by atoms with Crippen LogP contribution in [0.2, 0.25) is 0 Å². The van der Waals surface area contributed by atoms with Crippen molar-refractivity contribution in [2.24, 2.45) is 5.92 Å². The minimum Gasteiger partial charge on any atom is -0.492 e. The van der Waals surface area contributed by atoms with Crippen molar-refractivity contribution in [1.82, 2.24) is 19.5 Å². The van der Waals surface area contributed by atoms with Crippen molar-refractivity contribution in [2.45, 2.75) is 31.6 Å². The number of aromatic hydroxyl groups is 1. The maximum atomic E-state index is 11.2. The molecule has 1 aromatic carbocycles. The van der Waals surface area contributed by atoms with Crippen LogP contribution in [-0.2, 0) is 4.57 Å². The fourth-order valence-electron chi connectivity index (χ4n) is 3.93. The minimum atomic E-state index is -3.92. The highest BCUT2D eigenvalue weighted by Gasteiger charge is 2.27. The Bertz CT molecular complexity index is 990. The van der Waals surface area contributed by atoms with E-state index >= 15 is 0 Å². The van der Waals surface area contributed by atoms with Crippen LogP contribution >= 0.6 is 7.60 Å². The van der Waals surface area contributed by atoms with Crippen molar-refractivity contribution in [3.63, 3.8) is 0 Å². The molecule has 1 fully saturated rings. The van der Waals surface area contributed by atoms with Crippen molar-refractivity contribution in [3.8, 4) is 11.6 Å². The predicted octanol–water partition coefficient (Wildman–Crippen LogP) is 2.97. The van der Waals surface area contributed by atoms with E-state index in [9.17, 15) is 9.67 Å². The first-order chi connectivity index (χ1) is 12.9. The molecule has 4 rings (SSSR count). The number of hydrogen-bond acceptors (Lipinski definition) is 5. The molecule has 27 heavy (non-hydrogen) atoms. The van der Waals surface area contributed by atoms with E-state index in [2.05, 4.69) is 27.1 Å². The van der Waals surface area contributed by atoms with E-state index in [1.165, 1.54) is 11.9 Å². The van der Waals surface area contributed by atoms with E-state index in [0.29, 0.717) is 17.1 Å². The van der Waals surface area contributed by atoms with Gasteiger partial charge in [0, 0.05) is 5.69 Å². The summed E-state index contributed by atoms with van der Waals surface area (Å²) in [5.74, 6) is 0.395. The molecule has 0 amide bonds. The molecule has 0 aliphatic heterocycles. The highest BCUT2D eigenvalue weighted by Crippen LogP contribution is 2.44. The average molecular weight is 388 g/mol. The summed E-state index contributed by atoms with van der Waals surface area (Å²) in [5.41, 5.74) is 3.04. The van der Waals surface area contributed by atoms with Gasteiger partial charge in [-0.2, -0.15) is 4.98 Å². The summed E-state index contributed by atoms with van der Waals surface area (Å²) in [6.45, 7) is 0. The first-order valence-corrected chi connectivity index (χ1v) is 10.7. The Kier molecular flexibility index (Phi) is 4.72. The molecular weight excluding hydrogens is 367 g/mol. The Morgan fingerprint density at radius 3 is 2.41 bits per heavy atom. The topological polar surface area (TPSA) is 121 Å². The number of fused-ring (bicyclic) bond motifs is 1. The van der Waals surface area contributed by atoms with Gasteiger partial charge in [-0.1, -0.05) is 12.1 Å². The third-order valence-electron chi connectivity index (χ3n) is 5.30. The average Bonchev–Trinajstić information content (AvgIpc) is 3.07. The third-order valence-corrected chi connectivity index (χ3v) is 6.29. The van der Waals surface area contributed by atoms with E-state index < -0.39 is 7.60 Å². The monoisotopic (exact) mass is 388 g/mol. The molecular formula is C18H21N4O4P. The largest absolute Gasteiger partial charge is 0.492 e. The van der Waals surface area contributed by atoms with Crippen molar-refractivity contribution >= 4 is 18.8 Å². The number of hydrogen-bond donors (Lipinski definition) is 3. The molecule has 3 aromatic rings. The second-order valence-electron chi connectivity index (χ2n) is 7.14. The summed E-state index contributed by atoms with van der Waals surface area (Å²) in [7, 11) is -3.92. The summed E-state index contributed by atoms with van der Waals surface area (Å²) >= 11 is 0. The lowest BCUT2D eigenvalue weighted by Crippen LogP contribution is -2.16. The number of rotatable bonds is 4. The van der Waals surface area contributed by atoms with Crippen molar-refractivity contribution in [1.29, 1.82) is 0 Å². The van der Waals surface area contributed by atoms with Crippen LogP contribution in [0.4, 0.5) is 0 Å². The van der Waals surface area contributed by atoms with Gasteiger partial charge in [-0.15, -0.1) is 0 Å². The molecule has 0 saturated heterocycles. The molecule has 0 bridgehead atoms. The zero-order valence-corrected chi connectivity index (χ0v) is 15.5. The highest BCUT2D eigenvalue weighted by molar-refractivity contribution is 7.51. The highest BCUT2D eigenvalue weighted by atomic mass is 31.2. The molecule has 1 saturated carbocycles. The zero-order valence-electron chi connectivity index (χ0n) is 14.6. The molecule has 1 aliphatic rings. The van der Waals surface area contributed by atoms with Gasteiger partial charge < -0.3 is 14.9 Å². The smallest absolute Gasteiger partial charge is 0.325 e. The normalized spacial score (nSPS) is 20.8. The SMILES string of the molecule is O=P(O)(O)CC1CCC(c2ccc(-n3cnc4c(O)ncnc43)cc2)CC1. The lowest BCUT2D eigenvalue weighted by Gasteiger charge is -2.29. The summed E-state index contributed by atoms with van der Waals surface area (Å²) < 4.78 is 13.0. The molecule has 0 radical (unpaired) electrons. The molecule has 0 unspecified atom stereocenters. The fraction of sp³-hybridized carbons (Fsp3) is 0.389. The van der Waals surface area contributed by atoms with Gasteiger partial charge in [0.25, 0.3) is 0 Å². The van der Waals surface area contributed by atoms with E-state index in [1.807, 2.05) is 12.1 Å². The number of imidazole rings is 1. The second kappa shape index (κ2) is 7.03. The van der Waals surface area contributed by atoms with Crippen LogP contribution in [0.1, 0.15) is 37.2 Å². The van der Waals surface area contributed by atoms with Crippen LogP contribution in [0.25, 0.3) is 16.9 Å². The van der Waals surface area contributed by atoms with Crippen LogP contribution in [-0.4, -0.2) is 40.6 Å². The Labute approximate surface area is 156 Å². The fourth-order valence-corrected chi connectivity index (χ4v) is 4.97. The lowest BCUT2D eigenvalue weighted by molar-refractivity contribution is 0.316. The van der Waals surface area contributed by atoms with E-state index in [4.69, 9.17) is 9.79 Å². The Balaban J connectivity index is 1.48. The van der Waals surface area contributed by atoms with Gasteiger partial charge in [-0.3, -0.25) is 9.13 Å². The van der Waals surface area contributed by atoms with Gasteiger partial charge >= 0.3 is 7.60 Å².